The number of para-hydroxylation sites is 1. The summed E-state index contributed by atoms with van der Waals surface area (Å²) in [6.07, 6.45) is 0. The van der Waals surface area contributed by atoms with Crippen molar-refractivity contribution in [3.63, 3.8) is 0 Å². The van der Waals surface area contributed by atoms with E-state index in [1.165, 1.54) is 6.07 Å². The van der Waals surface area contributed by atoms with E-state index < -0.39 is 0 Å². The first-order valence-corrected chi connectivity index (χ1v) is 7.14. The van der Waals surface area contributed by atoms with Crippen molar-refractivity contribution in [2.75, 3.05) is 12.4 Å². The van der Waals surface area contributed by atoms with Gasteiger partial charge in [-0.15, -0.1) is 10.2 Å². The van der Waals surface area contributed by atoms with E-state index in [1.54, 1.807) is 26.2 Å². The second kappa shape index (κ2) is 6.48. The summed E-state index contributed by atoms with van der Waals surface area (Å²) in [5.74, 6) is 1.21. The fraction of sp³-hybridized carbons (Fsp3) is 0.176. The zero-order chi connectivity index (χ0) is 16.2. The Kier molecular flexibility index (Phi) is 4.23. The molecule has 0 fully saturated rings. The number of aromatic nitrogens is 2. The van der Waals surface area contributed by atoms with E-state index >= 15 is 0 Å². The smallest absolute Gasteiger partial charge is 0.251 e. The van der Waals surface area contributed by atoms with Gasteiger partial charge < -0.3 is 14.5 Å². The fourth-order valence-electron chi connectivity index (χ4n) is 2.23. The molecule has 0 amide bonds. The number of benzene rings is 2. The predicted octanol–water partition coefficient (Wildman–Crippen LogP) is 3.80. The summed E-state index contributed by atoms with van der Waals surface area (Å²) < 4.78 is 24.4. The molecule has 0 saturated heterocycles. The van der Waals surface area contributed by atoms with Crippen molar-refractivity contribution in [2.45, 2.75) is 13.5 Å². The summed E-state index contributed by atoms with van der Waals surface area (Å²) in [5.41, 5.74) is 1.98. The Hall–Kier alpha value is -2.89. The zero-order valence-corrected chi connectivity index (χ0v) is 12.8. The first-order chi connectivity index (χ1) is 11.2. The Morgan fingerprint density at radius 2 is 1.96 bits per heavy atom. The lowest BCUT2D eigenvalue weighted by Crippen LogP contribution is -2.02. The molecule has 0 aliphatic carbocycles. The van der Waals surface area contributed by atoms with Crippen molar-refractivity contribution < 1.29 is 13.5 Å². The quantitative estimate of drug-likeness (QED) is 0.776. The molecule has 0 saturated carbocycles. The Morgan fingerprint density at radius 1 is 1.13 bits per heavy atom. The van der Waals surface area contributed by atoms with Crippen molar-refractivity contribution in [1.82, 2.24) is 10.2 Å². The Balaban J connectivity index is 1.76. The molecule has 23 heavy (non-hydrogen) atoms. The van der Waals surface area contributed by atoms with Crippen LogP contribution in [0.1, 0.15) is 11.5 Å². The molecule has 5 nitrogen and oxygen atoms in total. The van der Waals surface area contributed by atoms with E-state index in [2.05, 4.69) is 15.5 Å². The van der Waals surface area contributed by atoms with Crippen LogP contribution in [0.4, 0.5) is 10.1 Å². The predicted molar refractivity (Wildman–Crippen MR) is 84.7 cm³/mol. The second-order valence-corrected chi connectivity index (χ2v) is 4.97. The van der Waals surface area contributed by atoms with E-state index in [4.69, 9.17) is 9.15 Å². The van der Waals surface area contributed by atoms with Crippen LogP contribution in [-0.4, -0.2) is 17.3 Å². The highest BCUT2D eigenvalue weighted by molar-refractivity contribution is 5.62. The molecule has 0 atom stereocenters. The number of nitrogens with one attached hydrogen (secondary N) is 1. The third kappa shape index (κ3) is 3.15. The highest BCUT2D eigenvalue weighted by Gasteiger charge is 2.13. The summed E-state index contributed by atoms with van der Waals surface area (Å²) in [5, 5.41) is 11.1. The number of anilines is 1. The third-order valence-corrected chi connectivity index (χ3v) is 3.50. The molecule has 3 rings (SSSR count). The summed E-state index contributed by atoms with van der Waals surface area (Å²) in [7, 11) is 1.59. The topological polar surface area (TPSA) is 60.2 Å². The average molecular weight is 313 g/mol. The van der Waals surface area contributed by atoms with Gasteiger partial charge in [-0.2, -0.15) is 0 Å². The van der Waals surface area contributed by atoms with Gasteiger partial charge in [0.05, 0.1) is 19.2 Å². The first-order valence-electron chi connectivity index (χ1n) is 7.14. The van der Waals surface area contributed by atoms with Gasteiger partial charge in [0.25, 0.3) is 5.89 Å². The van der Waals surface area contributed by atoms with Gasteiger partial charge in [-0.3, -0.25) is 0 Å². The minimum Gasteiger partial charge on any atom is -0.496 e. The van der Waals surface area contributed by atoms with Gasteiger partial charge in [0.15, 0.2) is 0 Å². The Morgan fingerprint density at radius 3 is 2.78 bits per heavy atom. The van der Waals surface area contributed by atoms with Crippen LogP contribution in [0, 0.1) is 12.7 Å². The maximum Gasteiger partial charge on any atom is 0.251 e. The van der Waals surface area contributed by atoms with Gasteiger partial charge in [0.1, 0.15) is 11.6 Å². The average Bonchev–Trinajstić information content (AvgIpc) is 3.05. The molecule has 1 aromatic heterocycles. The summed E-state index contributed by atoms with van der Waals surface area (Å²) in [4.78, 5) is 0. The summed E-state index contributed by atoms with van der Waals surface area (Å²) in [6.45, 7) is 2.03. The van der Waals surface area contributed by atoms with Crippen LogP contribution in [0.2, 0.25) is 0 Å². The molecule has 3 aromatic rings. The number of nitrogens with zero attached hydrogens (tertiary/aromatic N) is 2. The Bertz CT molecular complexity index is 817. The lowest BCUT2D eigenvalue weighted by Gasteiger charge is -2.07. The number of hydrogen-bond acceptors (Lipinski definition) is 5. The van der Waals surface area contributed by atoms with E-state index in [-0.39, 0.29) is 5.82 Å². The summed E-state index contributed by atoms with van der Waals surface area (Å²) in [6, 6.07) is 12.3. The van der Waals surface area contributed by atoms with E-state index in [0.29, 0.717) is 35.3 Å². The zero-order valence-electron chi connectivity index (χ0n) is 12.8. The molecule has 0 unspecified atom stereocenters. The van der Waals surface area contributed by atoms with Gasteiger partial charge in [0.2, 0.25) is 5.89 Å². The molecule has 6 heteroatoms. The fourth-order valence-corrected chi connectivity index (χ4v) is 2.23. The second-order valence-electron chi connectivity index (χ2n) is 4.97. The van der Waals surface area contributed by atoms with Crippen LogP contribution < -0.4 is 10.1 Å². The van der Waals surface area contributed by atoms with Crippen LogP contribution in [0.15, 0.2) is 46.9 Å². The minimum atomic E-state index is -0.254. The maximum atomic E-state index is 13.5. The monoisotopic (exact) mass is 313 g/mol. The van der Waals surface area contributed by atoms with Gasteiger partial charge in [0, 0.05) is 11.3 Å². The molecule has 0 spiro atoms. The lowest BCUT2D eigenvalue weighted by atomic mass is 10.2. The van der Waals surface area contributed by atoms with Gasteiger partial charge in [-0.1, -0.05) is 18.2 Å². The molecular formula is C17H16FN3O2. The molecule has 118 valence electrons. The van der Waals surface area contributed by atoms with Crippen molar-refractivity contribution >= 4 is 5.69 Å². The lowest BCUT2D eigenvalue weighted by molar-refractivity contribution is 0.413. The van der Waals surface area contributed by atoms with Crippen molar-refractivity contribution in [3.8, 4) is 17.2 Å². The number of ether oxygens (including phenoxy) is 1. The van der Waals surface area contributed by atoms with Gasteiger partial charge in [-0.05, 0) is 31.2 Å². The van der Waals surface area contributed by atoms with Crippen molar-refractivity contribution in [2.24, 2.45) is 0 Å². The standard InChI is InChI=1S/C17H16FN3O2/c1-11-13(18)7-5-8-14(11)19-10-16-20-21-17(23-16)12-6-3-4-9-15(12)22-2/h3-9,19H,10H2,1-2H3. The van der Waals surface area contributed by atoms with Crippen LogP contribution in [0.3, 0.4) is 0 Å². The highest BCUT2D eigenvalue weighted by atomic mass is 19.1. The van der Waals surface area contributed by atoms with E-state index in [0.717, 1.165) is 5.56 Å². The molecule has 1 N–H and O–H groups in total. The number of methoxy groups -OCH3 is 1. The van der Waals surface area contributed by atoms with Crippen LogP contribution in [-0.2, 0) is 6.54 Å². The van der Waals surface area contributed by atoms with Gasteiger partial charge >= 0.3 is 0 Å². The number of rotatable bonds is 5. The van der Waals surface area contributed by atoms with Crippen LogP contribution in [0.5, 0.6) is 5.75 Å². The molecule has 0 radical (unpaired) electrons. The summed E-state index contributed by atoms with van der Waals surface area (Å²) >= 11 is 0. The third-order valence-electron chi connectivity index (χ3n) is 3.50. The molecule has 2 aromatic carbocycles. The molecule has 0 bridgehead atoms. The van der Waals surface area contributed by atoms with E-state index in [1.807, 2.05) is 24.3 Å². The minimum absolute atomic E-state index is 0.254. The molecule has 1 heterocycles. The molecule has 0 aliphatic rings. The largest absolute Gasteiger partial charge is 0.496 e. The number of hydrogen-bond donors (Lipinski definition) is 1. The van der Waals surface area contributed by atoms with Crippen molar-refractivity contribution in [1.29, 1.82) is 0 Å². The molecular weight excluding hydrogens is 297 g/mol. The van der Waals surface area contributed by atoms with Crippen LogP contribution >= 0.6 is 0 Å². The Labute approximate surface area is 133 Å². The maximum absolute atomic E-state index is 13.5. The van der Waals surface area contributed by atoms with Crippen molar-refractivity contribution in [3.05, 3.63) is 59.7 Å². The first kappa shape index (κ1) is 15.0. The molecule has 0 aliphatic heterocycles. The van der Waals surface area contributed by atoms with Crippen LogP contribution in [0.25, 0.3) is 11.5 Å². The normalized spacial score (nSPS) is 10.6. The number of halogens is 1. The van der Waals surface area contributed by atoms with Gasteiger partial charge in [-0.25, -0.2) is 4.39 Å². The van der Waals surface area contributed by atoms with E-state index in [9.17, 15) is 4.39 Å². The SMILES string of the molecule is COc1ccccc1-c1nnc(CNc2cccc(F)c2C)o1. The highest BCUT2D eigenvalue weighted by Crippen LogP contribution is 2.28.